The highest BCUT2D eigenvalue weighted by atomic mass is 16.5. The van der Waals surface area contributed by atoms with E-state index >= 15 is 0 Å². The molecule has 1 amide bonds. The maximum atomic E-state index is 11.2. The van der Waals surface area contributed by atoms with Crippen LogP contribution in [0.15, 0.2) is 0 Å². The summed E-state index contributed by atoms with van der Waals surface area (Å²) < 4.78 is 5.97. The molecule has 1 aliphatic heterocycles. The van der Waals surface area contributed by atoms with E-state index in [-0.39, 0.29) is 17.4 Å². The van der Waals surface area contributed by atoms with Crippen LogP contribution in [0.4, 0.5) is 0 Å². The smallest absolute Gasteiger partial charge is 0.220 e. The third kappa shape index (κ3) is 2.95. The van der Waals surface area contributed by atoms with Crippen molar-refractivity contribution in [1.82, 2.24) is 5.32 Å². The molecular weight excluding hydrogens is 240 g/mol. The molecule has 108 valence electrons. The van der Waals surface area contributed by atoms with E-state index in [1.54, 1.807) is 0 Å². The monoisotopic (exact) mass is 266 g/mol. The van der Waals surface area contributed by atoms with E-state index in [1.165, 1.54) is 25.7 Å². The number of carbonyl (C=O) groups is 1. The second-order valence-electron chi connectivity index (χ2n) is 6.69. The average Bonchev–Trinajstić information content (AvgIpc) is 2.38. The zero-order chi connectivity index (χ0) is 13.3. The standard InChI is InChI=1S/C15H26N2O2/c16-14(18)11-2-4-12(5-3-11)17-13-6-9-19-15(10-13)7-1-8-15/h11-13,17H,1-10H2,(H2,16,18). The summed E-state index contributed by atoms with van der Waals surface area (Å²) in [6.07, 6.45) is 10.3. The normalized spacial score (nSPS) is 37.8. The van der Waals surface area contributed by atoms with E-state index in [0.717, 1.165) is 38.7 Å². The Bertz CT molecular complexity index is 333. The van der Waals surface area contributed by atoms with Gasteiger partial charge in [0.15, 0.2) is 0 Å². The van der Waals surface area contributed by atoms with E-state index < -0.39 is 0 Å². The Hall–Kier alpha value is -0.610. The fourth-order valence-electron chi connectivity index (χ4n) is 3.97. The van der Waals surface area contributed by atoms with Gasteiger partial charge in [-0.1, -0.05) is 0 Å². The Morgan fingerprint density at radius 1 is 1.11 bits per heavy atom. The average molecular weight is 266 g/mol. The summed E-state index contributed by atoms with van der Waals surface area (Å²) in [6.45, 7) is 0.911. The number of nitrogens with one attached hydrogen (secondary N) is 1. The van der Waals surface area contributed by atoms with Crippen molar-refractivity contribution < 1.29 is 9.53 Å². The molecule has 0 aromatic rings. The molecule has 0 aromatic heterocycles. The first-order valence-electron chi connectivity index (χ1n) is 7.86. The van der Waals surface area contributed by atoms with Crippen LogP contribution in [0.2, 0.25) is 0 Å². The Balaban J connectivity index is 1.45. The van der Waals surface area contributed by atoms with E-state index in [9.17, 15) is 4.79 Å². The number of hydrogen-bond acceptors (Lipinski definition) is 3. The van der Waals surface area contributed by atoms with Gasteiger partial charge in [-0.05, 0) is 57.8 Å². The molecule has 1 spiro atoms. The van der Waals surface area contributed by atoms with Crippen LogP contribution in [0.1, 0.15) is 57.8 Å². The van der Waals surface area contributed by atoms with Crippen LogP contribution >= 0.6 is 0 Å². The summed E-state index contributed by atoms with van der Waals surface area (Å²) in [5, 5.41) is 3.81. The minimum atomic E-state index is -0.113. The molecule has 1 heterocycles. The highest BCUT2D eigenvalue weighted by Crippen LogP contribution is 2.42. The fraction of sp³-hybridized carbons (Fsp3) is 0.933. The van der Waals surface area contributed by atoms with Crippen LogP contribution in [-0.2, 0) is 9.53 Å². The Labute approximate surface area is 115 Å². The maximum absolute atomic E-state index is 11.2. The van der Waals surface area contributed by atoms with E-state index in [4.69, 9.17) is 10.5 Å². The molecule has 3 rings (SSSR count). The number of carbonyl (C=O) groups excluding carboxylic acids is 1. The van der Waals surface area contributed by atoms with Crippen LogP contribution in [0.25, 0.3) is 0 Å². The van der Waals surface area contributed by atoms with Crippen LogP contribution < -0.4 is 11.1 Å². The number of nitrogens with two attached hydrogens (primary N) is 1. The SMILES string of the molecule is NC(=O)C1CCC(NC2CCOC3(CCC3)C2)CC1. The van der Waals surface area contributed by atoms with Crippen molar-refractivity contribution in [3.05, 3.63) is 0 Å². The van der Waals surface area contributed by atoms with Gasteiger partial charge in [0.1, 0.15) is 0 Å². The molecule has 2 saturated carbocycles. The first-order valence-corrected chi connectivity index (χ1v) is 7.86. The number of hydrogen-bond donors (Lipinski definition) is 2. The summed E-state index contributed by atoms with van der Waals surface area (Å²) in [5.41, 5.74) is 5.60. The number of amides is 1. The first-order chi connectivity index (χ1) is 9.17. The Kier molecular flexibility index (Phi) is 3.81. The third-order valence-electron chi connectivity index (χ3n) is 5.36. The van der Waals surface area contributed by atoms with Crippen LogP contribution in [0, 0.1) is 5.92 Å². The van der Waals surface area contributed by atoms with Crippen LogP contribution in [0.5, 0.6) is 0 Å². The minimum absolute atomic E-state index is 0.113. The van der Waals surface area contributed by atoms with E-state index in [2.05, 4.69) is 5.32 Å². The van der Waals surface area contributed by atoms with Crippen LogP contribution in [0.3, 0.4) is 0 Å². The molecule has 0 aromatic carbocycles. The number of rotatable bonds is 3. The van der Waals surface area contributed by atoms with Gasteiger partial charge in [0.2, 0.25) is 5.91 Å². The Morgan fingerprint density at radius 2 is 1.84 bits per heavy atom. The zero-order valence-corrected chi connectivity index (χ0v) is 11.7. The zero-order valence-electron chi connectivity index (χ0n) is 11.7. The molecule has 0 radical (unpaired) electrons. The van der Waals surface area contributed by atoms with Crippen molar-refractivity contribution in [3.8, 4) is 0 Å². The second kappa shape index (κ2) is 5.41. The molecule has 1 saturated heterocycles. The molecule has 3 aliphatic rings. The highest BCUT2D eigenvalue weighted by Gasteiger charge is 2.42. The molecule has 19 heavy (non-hydrogen) atoms. The molecule has 3 fully saturated rings. The van der Waals surface area contributed by atoms with Gasteiger partial charge in [-0.25, -0.2) is 0 Å². The van der Waals surface area contributed by atoms with Gasteiger partial charge >= 0.3 is 0 Å². The van der Waals surface area contributed by atoms with Gasteiger partial charge in [-0.3, -0.25) is 4.79 Å². The van der Waals surface area contributed by atoms with E-state index in [0.29, 0.717) is 12.1 Å². The lowest BCUT2D eigenvalue weighted by Crippen LogP contribution is -2.53. The first kappa shape index (κ1) is 13.4. The van der Waals surface area contributed by atoms with Crippen LogP contribution in [-0.4, -0.2) is 30.2 Å². The van der Waals surface area contributed by atoms with Gasteiger partial charge in [0.25, 0.3) is 0 Å². The Morgan fingerprint density at radius 3 is 2.42 bits per heavy atom. The highest BCUT2D eigenvalue weighted by molar-refractivity contribution is 5.76. The molecule has 1 unspecified atom stereocenters. The van der Waals surface area contributed by atoms with E-state index in [1.807, 2.05) is 0 Å². The van der Waals surface area contributed by atoms with Gasteiger partial charge in [-0.2, -0.15) is 0 Å². The van der Waals surface area contributed by atoms with Gasteiger partial charge in [-0.15, -0.1) is 0 Å². The third-order valence-corrected chi connectivity index (χ3v) is 5.36. The predicted octanol–water partition coefficient (Wildman–Crippen LogP) is 1.72. The minimum Gasteiger partial charge on any atom is -0.375 e. The lowest BCUT2D eigenvalue weighted by Gasteiger charge is -2.48. The maximum Gasteiger partial charge on any atom is 0.220 e. The predicted molar refractivity (Wildman–Crippen MR) is 73.6 cm³/mol. The van der Waals surface area contributed by atoms with Gasteiger partial charge < -0.3 is 15.8 Å². The molecule has 1 atom stereocenters. The van der Waals surface area contributed by atoms with Crippen molar-refractivity contribution in [2.24, 2.45) is 11.7 Å². The van der Waals surface area contributed by atoms with Crippen molar-refractivity contribution in [2.45, 2.75) is 75.5 Å². The second-order valence-corrected chi connectivity index (χ2v) is 6.69. The largest absolute Gasteiger partial charge is 0.375 e. The molecule has 3 N–H and O–H groups in total. The molecule has 0 bridgehead atoms. The topological polar surface area (TPSA) is 64.4 Å². The van der Waals surface area contributed by atoms with Crippen molar-refractivity contribution in [3.63, 3.8) is 0 Å². The summed E-state index contributed by atoms with van der Waals surface area (Å²) in [7, 11) is 0. The lowest BCUT2D eigenvalue weighted by molar-refractivity contribution is -0.136. The van der Waals surface area contributed by atoms with Gasteiger partial charge in [0, 0.05) is 24.6 Å². The summed E-state index contributed by atoms with van der Waals surface area (Å²) in [4.78, 5) is 11.2. The van der Waals surface area contributed by atoms with Gasteiger partial charge in [0.05, 0.1) is 5.60 Å². The van der Waals surface area contributed by atoms with Crippen molar-refractivity contribution in [1.29, 1.82) is 0 Å². The molecular formula is C15H26N2O2. The summed E-state index contributed by atoms with van der Waals surface area (Å²) >= 11 is 0. The quantitative estimate of drug-likeness (QED) is 0.817. The fourth-order valence-corrected chi connectivity index (χ4v) is 3.97. The van der Waals surface area contributed by atoms with Crippen molar-refractivity contribution in [2.75, 3.05) is 6.61 Å². The summed E-state index contributed by atoms with van der Waals surface area (Å²) in [5.74, 6) is 0.00338. The number of primary amides is 1. The molecule has 4 heteroatoms. The van der Waals surface area contributed by atoms with Crippen molar-refractivity contribution >= 4 is 5.91 Å². The number of ether oxygens (including phenoxy) is 1. The summed E-state index contributed by atoms with van der Waals surface area (Å²) in [6, 6.07) is 1.19. The molecule has 4 nitrogen and oxygen atoms in total. The molecule has 2 aliphatic carbocycles. The lowest BCUT2D eigenvalue weighted by atomic mass is 9.73.